The number of nitrogens with zero attached hydrogens (tertiary/aromatic N) is 5. The molecule has 0 aromatic carbocycles. The first-order valence-electron chi connectivity index (χ1n) is 6.53. The summed E-state index contributed by atoms with van der Waals surface area (Å²) in [6, 6.07) is 0. The Morgan fingerprint density at radius 1 is 1.35 bits per heavy atom. The number of thiazole rings is 1. The second-order valence-electron chi connectivity index (χ2n) is 4.69. The predicted octanol–water partition coefficient (Wildman–Crippen LogP) is 3.11. The van der Waals surface area contributed by atoms with E-state index in [-0.39, 0.29) is 0 Å². The van der Waals surface area contributed by atoms with Gasteiger partial charge in [0.05, 0.1) is 18.1 Å². The molecule has 0 unspecified atom stereocenters. The third-order valence-corrected chi connectivity index (χ3v) is 4.40. The second kappa shape index (κ2) is 5.18. The van der Waals surface area contributed by atoms with Gasteiger partial charge < -0.3 is 4.57 Å². The van der Waals surface area contributed by atoms with E-state index in [2.05, 4.69) is 33.5 Å². The highest BCUT2D eigenvalue weighted by molar-refractivity contribution is 7.11. The average molecular weight is 310 g/mol. The Bertz CT molecular complexity index is 754. The summed E-state index contributed by atoms with van der Waals surface area (Å²) in [5.74, 6) is 1.26. The SMILES string of the molecule is CCn1nc(C)c2nc(CCl)n(Cc3ncc(C)s3)c21. The van der Waals surface area contributed by atoms with Crippen LogP contribution in [0.1, 0.15) is 28.3 Å². The van der Waals surface area contributed by atoms with E-state index in [0.717, 1.165) is 34.2 Å². The molecule has 0 saturated heterocycles. The molecule has 0 fully saturated rings. The Labute approximate surface area is 126 Å². The highest BCUT2D eigenvalue weighted by atomic mass is 35.5. The molecule has 3 aromatic rings. The maximum atomic E-state index is 6.05. The van der Waals surface area contributed by atoms with Crippen LogP contribution in [0, 0.1) is 13.8 Å². The van der Waals surface area contributed by atoms with Crippen LogP contribution < -0.4 is 0 Å². The fourth-order valence-electron chi connectivity index (χ4n) is 2.37. The van der Waals surface area contributed by atoms with Crippen molar-refractivity contribution in [3.63, 3.8) is 0 Å². The molecule has 0 N–H and O–H groups in total. The van der Waals surface area contributed by atoms with Gasteiger partial charge in [-0.2, -0.15) is 5.10 Å². The van der Waals surface area contributed by atoms with Gasteiger partial charge in [-0.25, -0.2) is 14.6 Å². The van der Waals surface area contributed by atoms with Gasteiger partial charge >= 0.3 is 0 Å². The molecule has 0 amide bonds. The molecule has 3 aromatic heterocycles. The van der Waals surface area contributed by atoms with Crippen LogP contribution in [0.4, 0.5) is 0 Å². The highest BCUT2D eigenvalue weighted by Crippen LogP contribution is 2.23. The molecule has 0 atom stereocenters. The van der Waals surface area contributed by atoms with Crippen molar-refractivity contribution in [2.45, 2.75) is 39.7 Å². The minimum absolute atomic E-state index is 0.391. The summed E-state index contributed by atoms with van der Waals surface area (Å²) in [6.07, 6.45) is 1.90. The Morgan fingerprint density at radius 2 is 2.15 bits per heavy atom. The largest absolute Gasteiger partial charge is 0.305 e. The van der Waals surface area contributed by atoms with Crippen LogP contribution in [0.15, 0.2) is 6.20 Å². The average Bonchev–Trinajstić information content (AvgIpc) is 3.08. The van der Waals surface area contributed by atoms with Gasteiger partial charge in [0, 0.05) is 17.6 Å². The quantitative estimate of drug-likeness (QED) is 0.696. The molecule has 0 saturated carbocycles. The summed E-state index contributed by atoms with van der Waals surface area (Å²) < 4.78 is 4.11. The number of halogens is 1. The molecule has 5 nitrogen and oxygen atoms in total. The third kappa shape index (κ3) is 2.13. The van der Waals surface area contributed by atoms with Crippen molar-refractivity contribution in [3.05, 3.63) is 27.6 Å². The highest BCUT2D eigenvalue weighted by Gasteiger charge is 2.18. The minimum atomic E-state index is 0.391. The lowest BCUT2D eigenvalue weighted by Gasteiger charge is -2.07. The fraction of sp³-hybridized carbons (Fsp3) is 0.462. The molecule has 0 spiro atoms. The number of hydrogen-bond acceptors (Lipinski definition) is 4. The molecule has 0 aliphatic carbocycles. The molecular formula is C13H16ClN5S. The maximum absolute atomic E-state index is 6.05. The van der Waals surface area contributed by atoms with Gasteiger partial charge in [0.2, 0.25) is 0 Å². The van der Waals surface area contributed by atoms with Crippen LogP contribution >= 0.6 is 22.9 Å². The molecule has 3 rings (SSSR count). The molecule has 3 heterocycles. The van der Waals surface area contributed by atoms with Crippen molar-refractivity contribution >= 4 is 34.1 Å². The zero-order valence-electron chi connectivity index (χ0n) is 11.7. The molecule has 0 aliphatic rings. The summed E-state index contributed by atoms with van der Waals surface area (Å²) in [7, 11) is 0. The lowest BCUT2D eigenvalue weighted by atomic mass is 10.4. The fourth-order valence-corrected chi connectivity index (χ4v) is 3.35. The van der Waals surface area contributed by atoms with Crippen LogP contribution in [0.5, 0.6) is 0 Å². The summed E-state index contributed by atoms with van der Waals surface area (Å²) in [5, 5.41) is 5.59. The van der Waals surface area contributed by atoms with E-state index < -0.39 is 0 Å². The zero-order chi connectivity index (χ0) is 14.3. The zero-order valence-corrected chi connectivity index (χ0v) is 13.3. The first kappa shape index (κ1) is 13.6. The lowest BCUT2D eigenvalue weighted by molar-refractivity contribution is 0.638. The smallest absolute Gasteiger partial charge is 0.159 e. The third-order valence-electron chi connectivity index (χ3n) is 3.26. The van der Waals surface area contributed by atoms with Gasteiger partial charge in [0.1, 0.15) is 16.3 Å². The number of imidazole rings is 1. The summed E-state index contributed by atoms with van der Waals surface area (Å²) in [5.41, 5.74) is 2.92. The molecule has 0 aliphatic heterocycles. The minimum Gasteiger partial charge on any atom is -0.305 e. The Hall–Kier alpha value is -1.40. The van der Waals surface area contributed by atoms with Crippen LogP contribution in [0.25, 0.3) is 11.2 Å². The predicted molar refractivity (Wildman–Crippen MR) is 81.4 cm³/mol. The van der Waals surface area contributed by atoms with Gasteiger partial charge in [0.25, 0.3) is 0 Å². The normalized spacial score (nSPS) is 11.6. The van der Waals surface area contributed by atoms with E-state index in [0.29, 0.717) is 12.4 Å². The van der Waals surface area contributed by atoms with E-state index in [1.54, 1.807) is 11.3 Å². The van der Waals surface area contributed by atoms with Crippen LogP contribution in [-0.4, -0.2) is 24.3 Å². The second-order valence-corrected chi connectivity index (χ2v) is 6.27. The molecule has 0 bridgehead atoms. The number of hydrogen-bond donors (Lipinski definition) is 0. The molecular weight excluding hydrogens is 294 g/mol. The number of aromatic nitrogens is 5. The monoisotopic (exact) mass is 309 g/mol. The molecule has 106 valence electrons. The number of fused-ring (bicyclic) bond motifs is 1. The van der Waals surface area contributed by atoms with E-state index in [1.165, 1.54) is 4.88 Å². The van der Waals surface area contributed by atoms with Gasteiger partial charge in [-0.05, 0) is 20.8 Å². The summed E-state index contributed by atoms with van der Waals surface area (Å²) >= 11 is 7.75. The number of aryl methyl sites for hydroxylation is 3. The Morgan fingerprint density at radius 3 is 2.75 bits per heavy atom. The standard InChI is InChI=1S/C13H16ClN5S/c1-4-19-13-12(9(3)17-19)16-10(5-14)18(13)7-11-15-6-8(2)20-11/h6H,4-5,7H2,1-3H3. The van der Waals surface area contributed by atoms with E-state index in [9.17, 15) is 0 Å². The maximum Gasteiger partial charge on any atom is 0.159 e. The van der Waals surface area contributed by atoms with Gasteiger partial charge in [-0.3, -0.25) is 0 Å². The molecule has 20 heavy (non-hydrogen) atoms. The van der Waals surface area contributed by atoms with Gasteiger partial charge in [-0.1, -0.05) is 0 Å². The van der Waals surface area contributed by atoms with Gasteiger partial charge in [-0.15, -0.1) is 22.9 Å². The van der Waals surface area contributed by atoms with Crippen molar-refractivity contribution in [1.29, 1.82) is 0 Å². The topological polar surface area (TPSA) is 48.5 Å². The number of alkyl halides is 1. The van der Waals surface area contributed by atoms with E-state index >= 15 is 0 Å². The number of rotatable bonds is 4. The van der Waals surface area contributed by atoms with Gasteiger partial charge in [0.15, 0.2) is 5.65 Å². The van der Waals surface area contributed by atoms with E-state index in [4.69, 9.17) is 11.6 Å². The Kier molecular flexibility index (Phi) is 3.52. The van der Waals surface area contributed by atoms with Crippen molar-refractivity contribution in [2.24, 2.45) is 0 Å². The van der Waals surface area contributed by atoms with E-state index in [1.807, 2.05) is 17.8 Å². The lowest BCUT2D eigenvalue weighted by Crippen LogP contribution is -2.08. The van der Waals surface area contributed by atoms with Crippen LogP contribution in [-0.2, 0) is 19.0 Å². The molecule has 0 radical (unpaired) electrons. The Balaban J connectivity index is 2.16. The summed E-state index contributed by atoms with van der Waals surface area (Å²) in [4.78, 5) is 10.3. The van der Waals surface area contributed by atoms with Crippen molar-refractivity contribution in [3.8, 4) is 0 Å². The van der Waals surface area contributed by atoms with Crippen molar-refractivity contribution in [1.82, 2.24) is 24.3 Å². The first-order chi connectivity index (χ1) is 9.63. The first-order valence-corrected chi connectivity index (χ1v) is 7.89. The van der Waals surface area contributed by atoms with Crippen LogP contribution in [0.2, 0.25) is 0 Å². The molecule has 7 heteroatoms. The van der Waals surface area contributed by atoms with Crippen molar-refractivity contribution < 1.29 is 0 Å². The van der Waals surface area contributed by atoms with Crippen LogP contribution in [0.3, 0.4) is 0 Å². The van der Waals surface area contributed by atoms with Crippen molar-refractivity contribution in [2.75, 3.05) is 0 Å². The summed E-state index contributed by atoms with van der Waals surface area (Å²) in [6.45, 7) is 7.64.